The zero-order valence-corrected chi connectivity index (χ0v) is 21.4. The predicted molar refractivity (Wildman–Crippen MR) is 142 cm³/mol. The van der Waals surface area contributed by atoms with Crippen LogP contribution in [-0.2, 0) is 15.0 Å². The minimum absolute atomic E-state index is 0.0464. The SMILES string of the molecule is CC(C)(C)c1ccc(NC(=O)C(=O)Nn2c(C(=O)Nc3ccc(F)cc3)cc3cc(Br)ccc32)cc1. The standard InChI is InChI=1S/C27H24BrFN4O3/c1-27(2,3)17-4-9-20(10-5-17)31-25(35)26(36)32-33-22-13-6-18(28)14-16(22)15-23(33)24(34)30-21-11-7-19(29)8-12-21/h4-15H,1-3H3,(H,30,34)(H,31,35)(H,32,36). The number of hydrogen-bond acceptors (Lipinski definition) is 3. The van der Waals surface area contributed by atoms with E-state index in [-0.39, 0.29) is 11.1 Å². The number of amides is 3. The summed E-state index contributed by atoms with van der Waals surface area (Å²) >= 11 is 3.40. The van der Waals surface area contributed by atoms with Gasteiger partial charge in [-0.2, -0.15) is 0 Å². The average Bonchev–Trinajstić information content (AvgIpc) is 3.17. The summed E-state index contributed by atoms with van der Waals surface area (Å²) in [5.41, 5.74) is 5.00. The Morgan fingerprint density at radius 3 is 2.06 bits per heavy atom. The summed E-state index contributed by atoms with van der Waals surface area (Å²) in [7, 11) is 0. The number of nitrogens with zero attached hydrogens (tertiary/aromatic N) is 1. The number of nitrogens with one attached hydrogen (secondary N) is 3. The minimum atomic E-state index is -0.953. The Labute approximate surface area is 215 Å². The highest BCUT2D eigenvalue weighted by Gasteiger charge is 2.22. The molecule has 0 radical (unpaired) electrons. The fraction of sp³-hybridized carbons (Fsp3) is 0.148. The Kier molecular flexibility index (Phi) is 6.94. The normalized spacial score (nSPS) is 11.2. The number of benzene rings is 3. The number of fused-ring (bicyclic) bond motifs is 1. The molecule has 3 amide bonds. The van der Waals surface area contributed by atoms with Gasteiger partial charge in [0.2, 0.25) is 0 Å². The summed E-state index contributed by atoms with van der Waals surface area (Å²) < 4.78 is 15.3. The lowest BCUT2D eigenvalue weighted by Gasteiger charge is -2.19. The van der Waals surface area contributed by atoms with Gasteiger partial charge >= 0.3 is 11.8 Å². The highest BCUT2D eigenvalue weighted by atomic mass is 79.9. The van der Waals surface area contributed by atoms with Gasteiger partial charge in [0.1, 0.15) is 11.5 Å². The molecular weight excluding hydrogens is 527 g/mol. The summed E-state index contributed by atoms with van der Waals surface area (Å²) in [4.78, 5) is 38.5. The topological polar surface area (TPSA) is 92.2 Å². The van der Waals surface area contributed by atoms with Crippen LogP contribution >= 0.6 is 15.9 Å². The van der Waals surface area contributed by atoms with Crippen LogP contribution < -0.4 is 16.1 Å². The Bertz CT molecular complexity index is 1460. The molecule has 0 bridgehead atoms. The van der Waals surface area contributed by atoms with Gasteiger partial charge in [-0.15, -0.1) is 0 Å². The molecule has 0 saturated carbocycles. The number of hydrogen-bond donors (Lipinski definition) is 3. The lowest BCUT2D eigenvalue weighted by molar-refractivity contribution is -0.133. The molecule has 1 heterocycles. The first-order valence-corrected chi connectivity index (χ1v) is 11.9. The predicted octanol–water partition coefficient (Wildman–Crippen LogP) is 5.80. The summed E-state index contributed by atoms with van der Waals surface area (Å²) in [5.74, 6) is -2.82. The van der Waals surface area contributed by atoms with Crippen molar-refractivity contribution in [1.29, 1.82) is 0 Å². The third-order valence-corrected chi connectivity index (χ3v) is 6.02. The second-order valence-corrected chi connectivity index (χ2v) is 10.2. The molecule has 3 N–H and O–H groups in total. The summed E-state index contributed by atoms with van der Waals surface area (Å²) in [5, 5.41) is 5.91. The van der Waals surface area contributed by atoms with E-state index < -0.39 is 23.5 Å². The van der Waals surface area contributed by atoms with Crippen molar-refractivity contribution in [3.8, 4) is 0 Å². The molecule has 36 heavy (non-hydrogen) atoms. The number of anilines is 2. The van der Waals surface area contributed by atoms with Crippen molar-refractivity contribution in [3.63, 3.8) is 0 Å². The van der Waals surface area contributed by atoms with Crippen LogP contribution in [0.5, 0.6) is 0 Å². The molecule has 7 nitrogen and oxygen atoms in total. The molecule has 4 aromatic rings. The van der Waals surface area contributed by atoms with E-state index in [2.05, 4.69) is 52.8 Å². The highest BCUT2D eigenvalue weighted by Crippen LogP contribution is 2.25. The maximum Gasteiger partial charge on any atom is 0.328 e. The monoisotopic (exact) mass is 550 g/mol. The van der Waals surface area contributed by atoms with E-state index in [1.54, 1.807) is 36.4 Å². The number of halogens is 2. The maximum absolute atomic E-state index is 13.2. The molecule has 0 aliphatic heterocycles. The van der Waals surface area contributed by atoms with Crippen LogP contribution in [-0.4, -0.2) is 22.4 Å². The maximum atomic E-state index is 13.2. The quantitative estimate of drug-likeness (QED) is 0.280. The van der Waals surface area contributed by atoms with Crippen molar-refractivity contribution in [1.82, 2.24) is 4.68 Å². The van der Waals surface area contributed by atoms with Crippen LogP contribution in [0.4, 0.5) is 15.8 Å². The van der Waals surface area contributed by atoms with Crippen LogP contribution in [0, 0.1) is 5.82 Å². The van der Waals surface area contributed by atoms with E-state index in [0.29, 0.717) is 22.3 Å². The Balaban J connectivity index is 1.57. The second-order valence-electron chi connectivity index (χ2n) is 9.25. The van der Waals surface area contributed by atoms with Gasteiger partial charge in [0, 0.05) is 21.2 Å². The number of carbonyl (C=O) groups excluding carboxylic acids is 3. The van der Waals surface area contributed by atoms with Crippen molar-refractivity contribution >= 4 is 55.9 Å². The lowest BCUT2D eigenvalue weighted by atomic mass is 9.87. The molecular formula is C27H24BrFN4O3. The minimum Gasteiger partial charge on any atom is -0.321 e. The van der Waals surface area contributed by atoms with Crippen LogP contribution in [0.3, 0.4) is 0 Å². The molecule has 0 aliphatic carbocycles. The van der Waals surface area contributed by atoms with Crippen molar-refractivity contribution in [2.45, 2.75) is 26.2 Å². The molecule has 184 valence electrons. The van der Waals surface area contributed by atoms with E-state index in [9.17, 15) is 18.8 Å². The number of aromatic nitrogens is 1. The summed E-state index contributed by atoms with van der Waals surface area (Å²) in [6.45, 7) is 6.24. The van der Waals surface area contributed by atoms with Gasteiger partial charge in [0.15, 0.2) is 0 Å². The van der Waals surface area contributed by atoms with E-state index in [0.717, 1.165) is 10.0 Å². The van der Waals surface area contributed by atoms with E-state index >= 15 is 0 Å². The average molecular weight is 551 g/mol. The van der Waals surface area contributed by atoms with Gasteiger partial charge in [-0.25, -0.2) is 9.07 Å². The number of carbonyl (C=O) groups is 3. The summed E-state index contributed by atoms with van der Waals surface area (Å²) in [6, 6.07) is 19.4. The van der Waals surface area contributed by atoms with E-state index in [1.165, 1.54) is 28.9 Å². The molecule has 9 heteroatoms. The zero-order chi connectivity index (χ0) is 26.0. The molecule has 0 unspecified atom stereocenters. The first-order chi connectivity index (χ1) is 17.0. The van der Waals surface area contributed by atoms with E-state index in [1.807, 2.05) is 12.1 Å². The molecule has 0 saturated heterocycles. The largest absolute Gasteiger partial charge is 0.328 e. The van der Waals surface area contributed by atoms with Gasteiger partial charge in [0.05, 0.1) is 5.52 Å². The molecule has 0 fully saturated rings. The number of rotatable bonds is 4. The van der Waals surface area contributed by atoms with Crippen LogP contribution in [0.25, 0.3) is 10.9 Å². The fourth-order valence-corrected chi connectivity index (χ4v) is 3.97. The molecule has 0 atom stereocenters. The Hall–Kier alpha value is -3.98. The van der Waals surface area contributed by atoms with E-state index in [4.69, 9.17) is 0 Å². The third kappa shape index (κ3) is 5.63. The smallest absolute Gasteiger partial charge is 0.321 e. The van der Waals surface area contributed by atoms with Gasteiger partial charge < -0.3 is 10.6 Å². The van der Waals surface area contributed by atoms with Crippen LogP contribution in [0.2, 0.25) is 0 Å². The van der Waals surface area contributed by atoms with Gasteiger partial charge in [0.25, 0.3) is 5.91 Å². The van der Waals surface area contributed by atoms with Crippen molar-refractivity contribution in [2.75, 3.05) is 16.1 Å². The second kappa shape index (κ2) is 9.94. The van der Waals surface area contributed by atoms with Gasteiger partial charge in [-0.05, 0) is 71.6 Å². The zero-order valence-electron chi connectivity index (χ0n) is 19.9. The van der Waals surface area contributed by atoms with Crippen molar-refractivity contribution < 1.29 is 18.8 Å². The molecule has 4 rings (SSSR count). The van der Waals surface area contributed by atoms with Crippen LogP contribution in [0.1, 0.15) is 36.8 Å². The lowest BCUT2D eigenvalue weighted by Crippen LogP contribution is -2.36. The fourth-order valence-electron chi connectivity index (χ4n) is 3.60. The van der Waals surface area contributed by atoms with Gasteiger partial charge in [-0.1, -0.05) is 48.8 Å². The Morgan fingerprint density at radius 1 is 0.806 bits per heavy atom. The molecule has 0 aliphatic rings. The summed E-state index contributed by atoms with van der Waals surface area (Å²) in [6.07, 6.45) is 0. The first-order valence-electron chi connectivity index (χ1n) is 11.1. The van der Waals surface area contributed by atoms with Crippen LogP contribution in [0.15, 0.2) is 77.3 Å². The van der Waals surface area contributed by atoms with Gasteiger partial charge in [-0.3, -0.25) is 19.8 Å². The molecule has 3 aromatic carbocycles. The third-order valence-electron chi connectivity index (χ3n) is 5.53. The molecule has 1 aromatic heterocycles. The molecule has 0 spiro atoms. The van der Waals surface area contributed by atoms with Crippen molar-refractivity contribution in [2.24, 2.45) is 0 Å². The Morgan fingerprint density at radius 2 is 1.42 bits per heavy atom. The highest BCUT2D eigenvalue weighted by molar-refractivity contribution is 9.10. The van der Waals surface area contributed by atoms with Crippen molar-refractivity contribution in [3.05, 3.63) is 94.3 Å². The first kappa shape index (κ1) is 25.1.